The summed E-state index contributed by atoms with van der Waals surface area (Å²) in [5.74, 6) is -1.09. The van der Waals surface area contributed by atoms with E-state index in [0.29, 0.717) is 10.7 Å². The van der Waals surface area contributed by atoms with Crippen molar-refractivity contribution in [2.24, 2.45) is 0 Å². The number of benzene rings is 2. The summed E-state index contributed by atoms with van der Waals surface area (Å²) in [6.45, 7) is 0. The van der Waals surface area contributed by atoms with E-state index in [0.717, 1.165) is 11.1 Å². The maximum Gasteiger partial charge on any atom is 0.407 e. The Bertz CT molecular complexity index is 1240. The van der Waals surface area contributed by atoms with Crippen LogP contribution in [-0.4, -0.2) is 52.0 Å². The molecule has 0 saturated heterocycles. The van der Waals surface area contributed by atoms with Crippen LogP contribution in [0.5, 0.6) is 0 Å². The number of anilines is 1. The average molecular weight is 546 g/mol. The smallest absolute Gasteiger partial charge is 0.407 e. The molecule has 3 rings (SSSR count). The van der Waals surface area contributed by atoms with Gasteiger partial charge in [0, 0.05) is 28.8 Å². The Morgan fingerprint density at radius 2 is 1.65 bits per heavy atom. The number of nitrogens with zero attached hydrogens (tertiary/aromatic N) is 1. The minimum atomic E-state index is -2.46. The van der Waals surface area contributed by atoms with Crippen molar-refractivity contribution < 1.29 is 32.6 Å². The zero-order chi connectivity index (χ0) is 26.8. The van der Waals surface area contributed by atoms with Gasteiger partial charge in [-0.05, 0) is 29.7 Å². The number of rotatable bonds is 11. The lowest BCUT2D eigenvalue weighted by Gasteiger charge is -2.22. The first-order valence-corrected chi connectivity index (χ1v) is 12.9. The number of nitrogens with one attached hydrogen (secondary N) is 3. The molecule has 0 spiro atoms. The van der Waals surface area contributed by atoms with Crippen LogP contribution in [0.3, 0.4) is 0 Å². The van der Waals surface area contributed by atoms with Crippen molar-refractivity contribution in [3.05, 3.63) is 81.8 Å². The van der Waals surface area contributed by atoms with Crippen molar-refractivity contribution in [1.29, 1.82) is 0 Å². The van der Waals surface area contributed by atoms with Crippen LogP contribution in [0.25, 0.3) is 0 Å². The van der Waals surface area contributed by atoms with Crippen LogP contribution in [0.2, 0.25) is 0 Å². The largest absolute Gasteiger partial charge is 0.755 e. The second-order valence-electron chi connectivity index (χ2n) is 7.74. The van der Waals surface area contributed by atoms with Crippen LogP contribution in [0, 0.1) is 0 Å². The van der Waals surface area contributed by atoms with Crippen molar-refractivity contribution >= 4 is 46.3 Å². The third-order valence-electron chi connectivity index (χ3n) is 5.20. The van der Waals surface area contributed by atoms with Gasteiger partial charge in [-0.25, -0.2) is 14.6 Å². The van der Waals surface area contributed by atoms with Gasteiger partial charge >= 0.3 is 12.1 Å². The first-order valence-electron chi connectivity index (χ1n) is 11.0. The molecule has 0 aliphatic rings. The van der Waals surface area contributed by atoms with Crippen LogP contribution in [-0.2, 0) is 38.4 Å². The Morgan fingerprint density at radius 1 is 0.973 bits per heavy atom. The number of ether oxygens (including phenoxy) is 2. The molecule has 3 N–H and O–H groups in total. The number of aromatic nitrogens is 1. The van der Waals surface area contributed by atoms with Gasteiger partial charge in [0.05, 0.1) is 20.3 Å². The van der Waals surface area contributed by atoms with E-state index >= 15 is 0 Å². The summed E-state index contributed by atoms with van der Waals surface area (Å²) in [6, 6.07) is 14.2. The first-order chi connectivity index (χ1) is 17.8. The van der Waals surface area contributed by atoms with Crippen LogP contribution < -0.4 is 15.4 Å². The molecule has 3 aromatic rings. The van der Waals surface area contributed by atoms with E-state index in [1.54, 1.807) is 24.3 Å². The molecule has 0 aliphatic carbocycles. The molecule has 37 heavy (non-hydrogen) atoms. The molecule has 0 fully saturated rings. The lowest BCUT2D eigenvalue weighted by atomic mass is 10.0. The van der Waals surface area contributed by atoms with Crippen molar-refractivity contribution in [2.45, 2.75) is 24.9 Å². The molecule has 0 bridgehead atoms. The molecular formula is C24H25N4O7S2-. The number of hydrogen-bond donors (Lipinski definition) is 3. The second kappa shape index (κ2) is 13.5. The first kappa shape index (κ1) is 27.8. The van der Waals surface area contributed by atoms with Gasteiger partial charge in [-0.1, -0.05) is 42.5 Å². The zero-order valence-electron chi connectivity index (χ0n) is 20.0. The normalized spacial score (nSPS) is 13.1. The Hall–Kier alpha value is -3.81. The highest BCUT2D eigenvalue weighted by Crippen LogP contribution is 2.24. The molecule has 2 amide bonds. The van der Waals surface area contributed by atoms with Gasteiger partial charge in [-0.3, -0.25) is 9.00 Å². The minimum absolute atomic E-state index is 0.104. The van der Waals surface area contributed by atoms with Crippen molar-refractivity contribution in [3.63, 3.8) is 0 Å². The minimum Gasteiger partial charge on any atom is -0.755 e. The number of amides is 2. The Balaban J connectivity index is 1.86. The van der Waals surface area contributed by atoms with Crippen LogP contribution in [0.4, 0.5) is 10.5 Å². The Labute approximate surface area is 220 Å². The predicted molar refractivity (Wildman–Crippen MR) is 137 cm³/mol. The molecule has 0 aliphatic heterocycles. The van der Waals surface area contributed by atoms with Gasteiger partial charge in [0.25, 0.3) is 0 Å². The highest BCUT2D eigenvalue weighted by molar-refractivity contribution is 7.80. The molecule has 1 unspecified atom stereocenters. The summed E-state index contributed by atoms with van der Waals surface area (Å²) in [5.41, 5.74) is 2.08. The summed E-state index contributed by atoms with van der Waals surface area (Å²) in [7, 11) is 2.46. The average Bonchev–Trinajstić information content (AvgIpc) is 3.39. The van der Waals surface area contributed by atoms with E-state index in [4.69, 9.17) is 9.47 Å². The fraction of sp³-hybridized carbons (Fsp3) is 0.250. The maximum absolute atomic E-state index is 13.4. The van der Waals surface area contributed by atoms with Crippen LogP contribution >= 0.6 is 11.3 Å². The summed E-state index contributed by atoms with van der Waals surface area (Å²) in [6.07, 6.45) is -0.266. The Morgan fingerprint density at radius 3 is 2.27 bits per heavy atom. The fourth-order valence-electron chi connectivity index (χ4n) is 3.42. The molecule has 1 heterocycles. The number of hydrogen-bond acceptors (Lipinski definition) is 9. The van der Waals surface area contributed by atoms with Crippen molar-refractivity contribution in [2.75, 3.05) is 18.9 Å². The number of alkyl carbamates (subject to hydrolysis) is 1. The molecule has 1 aromatic heterocycles. The maximum atomic E-state index is 13.4. The number of carbonyl (C=O) groups excluding carboxylic acids is 3. The number of methoxy groups -OCH3 is 2. The molecular weight excluding hydrogens is 520 g/mol. The number of carbonyl (C=O) groups is 3. The fourth-order valence-corrected chi connectivity index (χ4v) is 4.59. The summed E-state index contributed by atoms with van der Waals surface area (Å²) in [4.78, 5) is 41.6. The van der Waals surface area contributed by atoms with Gasteiger partial charge in [0.2, 0.25) is 5.91 Å². The standard InChI is InChI=1S/C24H26N4O7S2/c1-34-23(30)20-14-36-22(26-20)19(13-16-8-10-17(11-9-16)28-37(32)33)25-21(29)18(27-24(31)35-2)12-15-6-4-3-5-7-15/h3-11,14,18-19,28H,12-13H2,1-2H3,(H,25,29)(H,27,31)(H,32,33)/p-1/t18-,19-/m0/s1. The SMILES string of the molecule is COC(=O)N[C@@H](Cc1ccccc1)C(=O)N[C@@H](Cc1ccc(NS(=O)[O-])cc1)c1nc(C(=O)OC)cs1. The van der Waals surface area contributed by atoms with E-state index in [1.165, 1.54) is 30.9 Å². The highest BCUT2D eigenvalue weighted by Gasteiger charge is 2.27. The quantitative estimate of drug-likeness (QED) is 0.245. The number of esters is 1. The van der Waals surface area contributed by atoms with Gasteiger partial charge in [0.1, 0.15) is 11.0 Å². The third-order valence-corrected chi connectivity index (χ3v) is 6.56. The summed E-state index contributed by atoms with van der Waals surface area (Å²) in [5, 5.41) is 7.47. The van der Waals surface area contributed by atoms with E-state index < -0.39 is 41.3 Å². The lowest BCUT2D eigenvalue weighted by molar-refractivity contribution is -0.123. The predicted octanol–water partition coefficient (Wildman–Crippen LogP) is 2.50. The molecule has 3 atom stereocenters. The number of thiazole rings is 1. The van der Waals surface area contributed by atoms with E-state index in [1.807, 2.05) is 30.3 Å². The van der Waals surface area contributed by atoms with Crippen molar-refractivity contribution in [1.82, 2.24) is 15.6 Å². The van der Waals surface area contributed by atoms with Crippen molar-refractivity contribution in [3.8, 4) is 0 Å². The van der Waals surface area contributed by atoms with E-state index in [2.05, 4.69) is 20.3 Å². The molecule has 196 valence electrons. The van der Waals surface area contributed by atoms with Gasteiger partial charge < -0.3 is 29.4 Å². The zero-order valence-corrected chi connectivity index (χ0v) is 21.6. The van der Waals surface area contributed by atoms with Gasteiger partial charge in [-0.15, -0.1) is 11.3 Å². The lowest BCUT2D eigenvalue weighted by Crippen LogP contribution is -2.49. The highest BCUT2D eigenvalue weighted by atomic mass is 32.2. The molecule has 2 aromatic carbocycles. The molecule has 11 nitrogen and oxygen atoms in total. The molecule has 13 heteroatoms. The molecule has 0 saturated carbocycles. The molecule has 0 radical (unpaired) electrons. The topological polar surface area (TPSA) is 159 Å². The van der Waals surface area contributed by atoms with Gasteiger partial charge in [-0.2, -0.15) is 0 Å². The monoisotopic (exact) mass is 545 g/mol. The van der Waals surface area contributed by atoms with Crippen LogP contribution in [0.1, 0.15) is 32.7 Å². The van der Waals surface area contributed by atoms with E-state index in [-0.39, 0.29) is 18.5 Å². The second-order valence-corrected chi connectivity index (χ2v) is 9.30. The third kappa shape index (κ3) is 8.37. The van der Waals surface area contributed by atoms with Crippen LogP contribution in [0.15, 0.2) is 60.0 Å². The summed E-state index contributed by atoms with van der Waals surface area (Å²) >= 11 is -1.28. The summed E-state index contributed by atoms with van der Waals surface area (Å²) < 4.78 is 33.4. The van der Waals surface area contributed by atoms with E-state index in [9.17, 15) is 23.1 Å². The Kier molecular flexibility index (Phi) is 10.1. The van der Waals surface area contributed by atoms with Gasteiger partial charge in [0.15, 0.2) is 5.69 Å².